The Balaban J connectivity index is 1.96. The van der Waals surface area contributed by atoms with E-state index in [0.717, 1.165) is 27.3 Å². The summed E-state index contributed by atoms with van der Waals surface area (Å²) in [6.45, 7) is 2.07. The van der Waals surface area contributed by atoms with Gasteiger partial charge in [0.15, 0.2) is 0 Å². The van der Waals surface area contributed by atoms with Crippen molar-refractivity contribution in [1.82, 2.24) is 9.97 Å². The van der Waals surface area contributed by atoms with E-state index >= 15 is 0 Å². The van der Waals surface area contributed by atoms with Crippen LogP contribution in [0.1, 0.15) is 18.5 Å². The van der Waals surface area contributed by atoms with Crippen molar-refractivity contribution in [3.63, 3.8) is 0 Å². The molecule has 100 valence electrons. The van der Waals surface area contributed by atoms with Crippen molar-refractivity contribution in [2.24, 2.45) is 0 Å². The third kappa shape index (κ3) is 2.45. The molecule has 0 aliphatic carbocycles. The van der Waals surface area contributed by atoms with Crippen LogP contribution in [0.4, 0.5) is 5.82 Å². The van der Waals surface area contributed by atoms with E-state index in [1.807, 2.05) is 48.5 Å². The van der Waals surface area contributed by atoms with Crippen molar-refractivity contribution in [1.29, 1.82) is 0 Å². The van der Waals surface area contributed by atoms with E-state index in [1.165, 1.54) is 0 Å². The van der Waals surface area contributed by atoms with Gasteiger partial charge in [0.25, 0.3) is 0 Å². The van der Waals surface area contributed by atoms with Gasteiger partial charge in [0.1, 0.15) is 12.1 Å². The highest BCUT2D eigenvalue weighted by atomic mass is 35.5. The number of hydrogen-bond donors (Lipinski definition) is 1. The number of benzene rings is 2. The number of rotatable bonds is 3. The average Bonchev–Trinajstić information content (AvgIpc) is 2.48. The molecule has 2 aromatic carbocycles. The third-order valence-corrected chi connectivity index (χ3v) is 3.61. The van der Waals surface area contributed by atoms with Crippen LogP contribution in [-0.2, 0) is 0 Å². The van der Waals surface area contributed by atoms with E-state index in [2.05, 4.69) is 22.2 Å². The number of nitrogens with zero attached hydrogens (tertiary/aromatic N) is 2. The lowest BCUT2D eigenvalue weighted by molar-refractivity contribution is 0.876. The highest BCUT2D eigenvalue weighted by Gasteiger charge is 2.11. The predicted octanol–water partition coefficient (Wildman–Crippen LogP) is 4.46. The first-order valence-corrected chi connectivity index (χ1v) is 6.84. The van der Waals surface area contributed by atoms with Crippen molar-refractivity contribution in [2.45, 2.75) is 13.0 Å². The molecule has 0 saturated carbocycles. The first-order valence-electron chi connectivity index (χ1n) is 6.46. The fourth-order valence-corrected chi connectivity index (χ4v) is 2.53. The Morgan fingerprint density at radius 2 is 1.75 bits per heavy atom. The molecule has 0 saturated heterocycles. The summed E-state index contributed by atoms with van der Waals surface area (Å²) in [5.41, 5.74) is 1.98. The molecule has 0 aliphatic rings. The molecule has 1 atom stereocenters. The third-order valence-electron chi connectivity index (χ3n) is 3.27. The Bertz CT molecular complexity index is 737. The summed E-state index contributed by atoms with van der Waals surface area (Å²) >= 11 is 6.23. The normalized spacial score (nSPS) is 12.3. The molecular formula is C16H14ClN3. The van der Waals surface area contributed by atoms with E-state index < -0.39 is 0 Å². The molecule has 20 heavy (non-hydrogen) atoms. The Morgan fingerprint density at radius 1 is 1.00 bits per heavy atom. The minimum atomic E-state index is 0.0713. The molecule has 1 heterocycles. The van der Waals surface area contributed by atoms with Crippen LogP contribution in [-0.4, -0.2) is 9.97 Å². The monoisotopic (exact) mass is 283 g/mol. The molecule has 0 radical (unpaired) electrons. The summed E-state index contributed by atoms with van der Waals surface area (Å²) in [5, 5.41) is 5.17. The van der Waals surface area contributed by atoms with Crippen molar-refractivity contribution in [3.8, 4) is 0 Å². The maximum atomic E-state index is 6.23. The lowest BCUT2D eigenvalue weighted by Gasteiger charge is -2.17. The number of fused-ring (bicyclic) bond motifs is 1. The van der Waals surface area contributed by atoms with Gasteiger partial charge in [-0.2, -0.15) is 0 Å². The molecule has 3 nitrogen and oxygen atoms in total. The van der Waals surface area contributed by atoms with Gasteiger partial charge in [-0.1, -0.05) is 41.9 Å². The van der Waals surface area contributed by atoms with Crippen LogP contribution in [0, 0.1) is 0 Å². The van der Waals surface area contributed by atoms with Crippen molar-refractivity contribution >= 4 is 28.3 Å². The molecular weight excluding hydrogens is 270 g/mol. The molecule has 0 amide bonds. The molecule has 0 aliphatic heterocycles. The number of hydrogen-bond acceptors (Lipinski definition) is 3. The summed E-state index contributed by atoms with van der Waals surface area (Å²) in [6, 6.07) is 15.8. The van der Waals surface area contributed by atoms with Crippen LogP contribution < -0.4 is 5.32 Å². The van der Waals surface area contributed by atoms with E-state index in [1.54, 1.807) is 6.33 Å². The second kappa shape index (κ2) is 5.47. The predicted molar refractivity (Wildman–Crippen MR) is 83.0 cm³/mol. The molecule has 3 rings (SSSR count). The molecule has 0 bridgehead atoms. The number of halogens is 1. The Labute approximate surface area is 122 Å². The smallest absolute Gasteiger partial charge is 0.137 e. The highest BCUT2D eigenvalue weighted by Crippen LogP contribution is 2.27. The zero-order chi connectivity index (χ0) is 13.9. The van der Waals surface area contributed by atoms with Gasteiger partial charge in [0.2, 0.25) is 0 Å². The van der Waals surface area contributed by atoms with Gasteiger partial charge in [-0.15, -0.1) is 0 Å². The molecule has 4 heteroatoms. The Kier molecular flexibility index (Phi) is 3.52. The maximum Gasteiger partial charge on any atom is 0.137 e. The summed E-state index contributed by atoms with van der Waals surface area (Å²) in [5.74, 6) is 0.822. The molecule has 1 aromatic heterocycles. The Hall–Kier alpha value is -2.13. The Morgan fingerprint density at radius 3 is 2.60 bits per heavy atom. The fourth-order valence-electron chi connectivity index (χ4n) is 2.23. The zero-order valence-corrected chi connectivity index (χ0v) is 11.8. The largest absolute Gasteiger partial charge is 0.363 e. The van der Waals surface area contributed by atoms with Crippen molar-refractivity contribution in [3.05, 3.63) is 65.4 Å². The van der Waals surface area contributed by atoms with Gasteiger partial charge in [0, 0.05) is 10.4 Å². The molecule has 1 N–H and O–H groups in total. The fraction of sp³-hybridized carbons (Fsp3) is 0.125. The standard InChI is InChI=1S/C16H14ClN3/c1-11(12-6-2-4-8-14(12)17)20-16-13-7-3-5-9-15(13)18-10-19-16/h2-11H,1H3,(H,18,19,20). The quantitative estimate of drug-likeness (QED) is 0.771. The minimum Gasteiger partial charge on any atom is -0.363 e. The van der Waals surface area contributed by atoms with Crippen LogP contribution in [0.3, 0.4) is 0 Å². The zero-order valence-electron chi connectivity index (χ0n) is 11.0. The van der Waals surface area contributed by atoms with Crippen LogP contribution >= 0.6 is 11.6 Å². The van der Waals surface area contributed by atoms with Gasteiger partial charge < -0.3 is 5.32 Å². The topological polar surface area (TPSA) is 37.8 Å². The van der Waals surface area contributed by atoms with Crippen molar-refractivity contribution < 1.29 is 0 Å². The van der Waals surface area contributed by atoms with Crippen LogP contribution in [0.15, 0.2) is 54.9 Å². The second-order valence-electron chi connectivity index (χ2n) is 4.63. The molecule has 3 aromatic rings. The second-order valence-corrected chi connectivity index (χ2v) is 5.03. The summed E-state index contributed by atoms with van der Waals surface area (Å²) in [7, 11) is 0. The summed E-state index contributed by atoms with van der Waals surface area (Å²) < 4.78 is 0. The van der Waals surface area contributed by atoms with E-state index in [0.29, 0.717) is 0 Å². The lowest BCUT2D eigenvalue weighted by atomic mass is 10.1. The van der Waals surface area contributed by atoms with Crippen LogP contribution in [0.5, 0.6) is 0 Å². The minimum absolute atomic E-state index is 0.0713. The van der Waals surface area contributed by atoms with Gasteiger partial charge in [-0.3, -0.25) is 0 Å². The lowest BCUT2D eigenvalue weighted by Crippen LogP contribution is -2.09. The van der Waals surface area contributed by atoms with E-state index in [-0.39, 0.29) is 6.04 Å². The van der Waals surface area contributed by atoms with Gasteiger partial charge in [-0.25, -0.2) is 9.97 Å². The van der Waals surface area contributed by atoms with Gasteiger partial charge in [-0.05, 0) is 30.7 Å². The van der Waals surface area contributed by atoms with E-state index in [9.17, 15) is 0 Å². The summed E-state index contributed by atoms with van der Waals surface area (Å²) in [6.07, 6.45) is 1.57. The highest BCUT2D eigenvalue weighted by molar-refractivity contribution is 6.31. The number of para-hydroxylation sites is 1. The van der Waals surface area contributed by atoms with Crippen LogP contribution in [0.2, 0.25) is 5.02 Å². The first kappa shape index (κ1) is 12.9. The number of aromatic nitrogens is 2. The molecule has 0 fully saturated rings. The van der Waals surface area contributed by atoms with Gasteiger partial charge in [0.05, 0.1) is 11.6 Å². The van der Waals surface area contributed by atoms with Crippen LogP contribution in [0.25, 0.3) is 10.9 Å². The number of anilines is 1. The number of nitrogens with one attached hydrogen (secondary N) is 1. The molecule has 1 unspecified atom stereocenters. The molecule has 0 spiro atoms. The van der Waals surface area contributed by atoms with Gasteiger partial charge >= 0.3 is 0 Å². The first-order chi connectivity index (χ1) is 9.75. The maximum absolute atomic E-state index is 6.23. The SMILES string of the molecule is CC(Nc1ncnc2ccccc12)c1ccccc1Cl. The van der Waals surface area contributed by atoms with E-state index in [4.69, 9.17) is 11.6 Å². The summed E-state index contributed by atoms with van der Waals surface area (Å²) in [4.78, 5) is 8.60. The average molecular weight is 284 g/mol. The van der Waals surface area contributed by atoms with Crippen molar-refractivity contribution in [2.75, 3.05) is 5.32 Å².